The second-order valence-corrected chi connectivity index (χ2v) is 14.1. The summed E-state index contributed by atoms with van der Waals surface area (Å²) >= 11 is 0. The molecule has 0 heterocycles. The van der Waals surface area contributed by atoms with Crippen LogP contribution in [0.5, 0.6) is 0 Å². The molecule has 3 nitrogen and oxygen atoms in total. The van der Waals surface area contributed by atoms with Gasteiger partial charge in [0.2, 0.25) is 0 Å². The second-order valence-electron chi connectivity index (χ2n) is 9.34. The van der Waals surface area contributed by atoms with Crippen LogP contribution in [-0.2, 0) is 9.22 Å². The van der Waals surface area contributed by atoms with Gasteiger partial charge in [0.05, 0.1) is 0 Å². The molecule has 0 fully saturated rings. The highest BCUT2D eigenvalue weighted by molar-refractivity contribution is 6.74. The van der Waals surface area contributed by atoms with Gasteiger partial charge < -0.3 is 9.53 Å². The zero-order valence-corrected chi connectivity index (χ0v) is 21.2. The molecule has 0 aromatic carbocycles. The van der Waals surface area contributed by atoms with Gasteiger partial charge in [-0.2, -0.15) is 0 Å². The van der Waals surface area contributed by atoms with Gasteiger partial charge in [-0.3, -0.25) is 4.79 Å². The zero-order chi connectivity index (χ0) is 22.7. The first-order valence-electron chi connectivity index (χ1n) is 11.6. The third-order valence-corrected chi connectivity index (χ3v) is 10.1. The van der Waals surface area contributed by atoms with Crippen LogP contribution in [0.4, 0.5) is 0 Å². The van der Waals surface area contributed by atoms with Crippen molar-refractivity contribution in [3.63, 3.8) is 0 Å². The third-order valence-electron chi connectivity index (χ3n) is 5.53. The molecule has 0 aliphatic rings. The fourth-order valence-electron chi connectivity index (χ4n) is 2.50. The van der Waals surface area contributed by atoms with Crippen molar-refractivity contribution >= 4 is 14.3 Å². The van der Waals surface area contributed by atoms with Crippen molar-refractivity contribution in [1.82, 2.24) is 0 Å². The van der Waals surface area contributed by atoms with Crippen LogP contribution in [0.15, 0.2) is 48.6 Å². The van der Waals surface area contributed by atoms with E-state index in [1.807, 2.05) is 0 Å². The van der Waals surface area contributed by atoms with Crippen molar-refractivity contribution in [2.24, 2.45) is 0 Å². The molecule has 0 aliphatic heterocycles. The molecule has 0 unspecified atom stereocenters. The molecule has 30 heavy (non-hydrogen) atoms. The van der Waals surface area contributed by atoms with Crippen molar-refractivity contribution < 1.29 is 14.3 Å². The zero-order valence-electron chi connectivity index (χ0n) is 20.2. The molecular formula is C26H46O3Si. The smallest absolute Gasteiger partial charge is 0.303 e. The average Bonchev–Trinajstić information content (AvgIpc) is 2.65. The number of unbranched alkanes of at least 4 members (excludes halogenated alkanes) is 4. The molecule has 0 aromatic rings. The van der Waals surface area contributed by atoms with Gasteiger partial charge in [0.15, 0.2) is 8.32 Å². The molecule has 0 aromatic heterocycles. The number of aliphatic carboxylic acids is 1. The Bertz CT molecular complexity index is 551. The van der Waals surface area contributed by atoms with Gasteiger partial charge in [-0.05, 0) is 69.5 Å². The summed E-state index contributed by atoms with van der Waals surface area (Å²) < 4.78 is 6.21. The first-order valence-corrected chi connectivity index (χ1v) is 14.5. The Morgan fingerprint density at radius 3 is 1.70 bits per heavy atom. The van der Waals surface area contributed by atoms with E-state index in [0.717, 1.165) is 45.1 Å². The molecule has 172 valence electrons. The number of rotatable bonds is 17. The maximum atomic E-state index is 10.4. The number of hydrogen-bond donors (Lipinski definition) is 1. The molecule has 0 spiro atoms. The van der Waals surface area contributed by atoms with E-state index in [0.29, 0.717) is 5.04 Å². The van der Waals surface area contributed by atoms with Gasteiger partial charge in [0.1, 0.15) is 0 Å². The molecule has 1 N–H and O–H groups in total. The summed E-state index contributed by atoms with van der Waals surface area (Å²) in [6.07, 6.45) is 27.0. The number of carboxylic acids is 1. The van der Waals surface area contributed by atoms with Crippen LogP contribution in [-0.4, -0.2) is 26.0 Å². The first kappa shape index (κ1) is 28.6. The lowest BCUT2D eigenvalue weighted by atomic mass is 10.2. The number of carboxylic acid groups (broad SMARTS) is 1. The van der Waals surface area contributed by atoms with Gasteiger partial charge in [-0.25, -0.2) is 0 Å². The summed E-state index contributed by atoms with van der Waals surface area (Å²) in [5, 5.41) is 8.86. The van der Waals surface area contributed by atoms with Crippen LogP contribution in [0, 0.1) is 0 Å². The Kier molecular flexibility index (Phi) is 16.5. The maximum Gasteiger partial charge on any atom is 0.303 e. The van der Waals surface area contributed by atoms with E-state index < -0.39 is 14.3 Å². The van der Waals surface area contributed by atoms with E-state index in [9.17, 15) is 4.79 Å². The fourth-order valence-corrected chi connectivity index (χ4v) is 3.59. The lowest BCUT2D eigenvalue weighted by Gasteiger charge is -2.36. The van der Waals surface area contributed by atoms with Crippen LogP contribution in [0.2, 0.25) is 18.1 Å². The van der Waals surface area contributed by atoms with Crippen LogP contribution in [0.25, 0.3) is 0 Å². The van der Waals surface area contributed by atoms with Crippen molar-refractivity contribution in [2.45, 2.75) is 103 Å². The minimum atomic E-state index is -1.57. The van der Waals surface area contributed by atoms with Gasteiger partial charge in [-0.1, -0.05) is 75.8 Å². The minimum absolute atomic E-state index is 0.256. The Balaban J connectivity index is 3.55. The highest BCUT2D eigenvalue weighted by atomic mass is 28.4. The Hall–Kier alpha value is -1.39. The Labute approximate surface area is 187 Å². The highest BCUT2D eigenvalue weighted by Gasteiger charge is 2.36. The molecule has 0 aliphatic carbocycles. The molecule has 0 saturated carbocycles. The highest BCUT2D eigenvalue weighted by Crippen LogP contribution is 2.36. The van der Waals surface area contributed by atoms with E-state index in [-0.39, 0.29) is 6.42 Å². The number of carbonyl (C=O) groups is 1. The van der Waals surface area contributed by atoms with Crippen molar-refractivity contribution in [3.05, 3.63) is 48.6 Å². The topological polar surface area (TPSA) is 46.5 Å². The quantitative estimate of drug-likeness (QED) is 0.142. The van der Waals surface area contributed by atoms with E-state index in [4.69, 9.17) is 9.53 Å². The molecule has 0 bridgehead atoms. The average molecular weight is 435 g/mol. The maximum absolute atomic E-state index is 10.4. The van der Waals surface area contributed by atoms with Gasteiger partial charge >= 0.3 is 5.97 Å². The van der Waals surface area contributed by atoms with E-state index in [1.54, 1.807) is 0 Å². The normalized spacial score (nSPS) is 13.5. The van der Waals surface area contributed by atoms with E-state index >= 15 is 0 Å². The van der Waals surface area contributed by atoms with Crippen LogP contribution in [0.3, 0.4) is 0 Å². The summed E-state index contributed by atoms with van der Waals surface area (Å²) in [5.41, 5.74) is 0. The molecule has 0 atom stereocenters. The summed E-state index contributed by atoms with van der Waals surface area (Å²) in [4.78, 5) is 10.4. The van der Waals surface area contributed by atoms with Gasteiger partial charge in [0, 0.05) is 13.0 Å². The van der Waals surface area contributed by atoms with Crippen LogP contribution >= 0.6 is 0 Å². The standard InChI is InChI=1S/C26H46O3Si/c1-26(2,3)30(4,5)29-24-22-20-18-16-14-12-10-8-6-7-9-11-13-15-17-19-21-23-25(27)28/h6,8-9,11-12,14-15,17H,7,10,13,16,18-24H2,1-5H3,(H,27,28). The first-order chi connectivity index (χ1) is 14.2. The monoisotopic (exact) mass is 434 g/mol. The van der Waals surface area contributed by atoms with Gasteiger partial charge in [0.25, 0.3) is 0 Å². The van der Waals surface area contributed by atoms with Crippen molar-refractivity contribution in [3.8, 4) is 0 Å². The molecular weight excluding hydrogens is 388 g/mol. The molecule has 0 saturated heterocycles. The van der Waals surface area contributed by atoms with Crippen LogP contribution in [0.1, 0.15) is 85.0 Å². The van der Waals surface area contributed by atoms with Crippen molar-refractivity contribution in [2.75, 3.05) is 6.61 Å². The van der Waals surface area contributed by atoms with E-state index in [1.165, 1.54) is 19.3 Å². The summed E-state index contributed by atoms with van der Waals surface area (Å²) in [6, 6.07) is 0. The molecule has 0 radical (unpaired) electrons. The summed E-state index contributed by atoms with van der Waals surface area (Å²) in [7, 11) is -1.57. The minimum Gasteiger partial charge on any atom is -0.481 e. The predicted molar refractivity (Wildman–Crippen MR) is 134 cm³/mol. The van der Waals surface area contributed by atoms with Crippen molar-refractivity contribution in [1.29, 1.82) is 0 Å². The number of allylic oxidation sites excluding steroid dienone is 8. The van der Waals surface area contributed by atoms with Gasteiger partial charge in [-0.15, -0.1) is 0 Å². The predicted octanol–water partition coefficient (Wildman–Crippen LogP) is 8.22. The SMILES string of the molecule is CC(C)(C)[Si](C)(C)OCCCCCC=CCC=CCC=CCC=CCCCC(=O)O. The number of hydrogen-bond acceptors (Lipinski definition) is 2. The summed E-state index contributed by atoms with van der Waals surface area (Å²) in [6.45, 7) is 12.4. The molecule has 0 rings (SSSR count). The third kappa shape index (κ3) is 17.5. The summed E-state index contributed by atoms with van der Waals surface area (Å²) in [5.74, 6) is -0.715. The second kappa shape index (κ2) is 17.3. The van der Waals surface area contributed by atoms with Crippen LogP contribution < -0.4 is 0 Å². The largest absolute Gasteiger partial charge is 0.481 e. The molecule has 4 heteroatoms. The Morgan fingerprint density at radius 1 is 0.767 bits per heavy atom. The van der Waals surface area contributed by atoms with E-state index in [2.05, 4.69) is 82.5 Å². The lowest BCUT2D eigenvalue weighted by molar-refractivity contribution is -0.137. The fraction of sp³-hybridized carbons (Fsp3) is 0.654. The Morgan fingerprint density at radius 2 is 1.23 bits per heavy atom. The molecule has 0 amide bonds. The lowest BCUT2D eigenvalue weighted by Crippen LogP contribution is -2.40.